The molecule has 2 aromatic rings. The summed E-state index contributed by atoms with van der Waals surface area (Å²) >= 11 is 0. The number of benzene rings is 1. The minimum atomic E-state index is -3.63. The number of carbonyl (C=O) groups is 1. The quantitative estimate of drug-likeness (QED) is 0.855. The summed E-state index contributed by atoms with van der Waals surface area (Å²) in [7, 11) is -1.95. The monoisotopic (exact) mass is 306 g/mol. The molecule has 2 N–H and O–H groups in total. The summed E-state index contributed by atoms with van der Waals surface area (Å²) in [6.07, 6.45) is 3.41. The molecule has 1 aliphatic heterocycles. The van der Waals surface area contributed by atoms with Gasteiger partial charge in [0.05, 0.1) is 17.9 Å². The first-order valence-electron chi connectivity index (χ1n) is 6.35. The van der Waals surface area contributed by atoms with E-state index < -0.39 is 10.0 Å². The molecule has 1 aliphatic rings. The maximum Gasteiger partial charge on any atom is 0.240 e. The van der Waals surface area contributed by atoms with Crippen LogP contribution in [0, 0.1) is 0 Å². The van der Waals surface area contributed by atoms with E-state index in [2.05, 4.69) is 14.7 Å². The summed E-state index contributed by atoms with van der Waals surface area (Å²) < 4.78 is 26.9. The van der Waals surface area contributed by atoms with Crippen molar-refractivity contribution in [1.29, 1.82) is 0 Å². The number of nitrogens with one attached hydrogen (secondary N) is 2. The van der Waals surface area contributed by atoms with Crippen LogP contribution in [-0.2, 0) is 27.8 Å². The Morgan fingerprint density at radius 3 is 2.95 bits per heavy atom. The molecule has 0 fully saturated rings. The molecule has 0 aliphatic carbocycles. The smallest absolute Gasteiger partial charge is 0.240 e. The fourth-order valence-electron chi connectivity index (χ4n) is 2.26. The highest BCUT2D eigenvalue weighted by molar-refractivity contribution is 7.89. The van der Waals surface area contributed by atoms with Crippen molar-refractivity contribution >= 4 is 21.6 Å². The zero-order valence-electron chi connectivity index (χ0n) is 11.3. The van der Waals surface area contributed by atoms with Crippen LogP contribution < -0.4 is 9.62 Å². The van der Waals surface area contributed by atoms with Gasteiger partial charge in [-0.05, 0) is 23.8 Å². The van der Waals surface area contributed by atoms with Crippen molar-refractivity contribution in [2.75, 3.05) is 11.9 Å². The topological polar surface area (TPSA) is 95.2 Å². The molecule has 21 heavy (non-hydrogen) atoms. The van der Waals surface area contributed by atoms with Crippen molar-refractivity contribution in [3.8, 4) is 0 Å². The van der Waals surface area contributed by atoms with Gasteiger partial charge in [-0.15, -0.1) is 0 Å². The number of nitrogens with zero attached hydrogens (tertiary/aromatic N) is 2. The van der Waals surface area contributed by atoms with Crippen molar-refractivity contribution in [3.63, 3.8) is 0 Å². The van der Waals surface area contributed by atoms with Crippen LogP contribution >= 0.6 is 0 Å². The number of aromatic amines is 1. The number of hydrogen-bond acceptors (Lipinski definition) is 4. The zero-order chi connectivity index (χ0) is 15.0. The number of fused-ring (bicyclic) bond motifs is 1. The SMILES string of the molecule is CN1C(=O)Cc2cc(S(=O)(=O)NCc3ncc[nH]3)ccc21. The molecule has 2 heterocycles. The minimum Gasteiger partial charge on any atom is -0.347 e. The number of sulfonamides is 1. The van der Waals surface area contributed by atoms with Crippen molar-refractivity contribution in [3.05, 3.63) is 42.0 Å². The van der Waals surface area contributed by atoms with Crippen LogP contribution in [0.1, 0.15) is 11.4 Å². The lowest BCUT2D eigenvalue weighted by molar-refractivity contribution is -0.117. The van der Waals surface area contributed by atoms with Crippen LogP contribution in [0.2, 0.25) is 0 Å². The van der Waals surface area contributed by atoms with Gasteiger partial charge in [0.2, 0.25) is 15.9 Å². The Labute approximate surface area is 122 Å². The second-order valence-electron chi connectivity index (χ2n) is 4.78. The second kappa shape index (κ2) is 4.97. The van der Waals surface area contributed by atoms with Gasteiger partial charge in [0.1, 0.15) is 5.82 Å². The average molecular weight is 306 g/mol. The molecule has 0 bridgehead atoms. The average Bonchev–Trinajstić information content (AvgIpc) is 3.06. The van der Waals surface area contributed by atoms with Gasteiger partial charge in [0, 0.05) is 25.1 Å². The van der Waals surface area contributed by atoms with Crippen molar-refractivity contribution in [2.24, 2.45) is 0 Å². The van der Waals surface area contributed by atoms with Crippen LogP contribution in [-0.4, -0.2) is 31.3 Å². The Morgan fingerprint density at radius 2 is 2.24 bits per heavy atom. The normalized spacial score (nSPS) is 14.5. The molecule has 8 heteroatoms. The van der Waals surface area contributed by atoms with E-state index in [0.717, 1.165) is 11.3 Å². The molecule has 0 saturated carbocycles. The highest BCUT2D eigenvalue weighted by atomic mass is 32.2. The predicted octanol–water partition coefficient (Wildman–Crippen LogP) is 0.407. The maximum atomic E-state index is 12.2. The number of amides is 1. The lowest BCUT2D eigenvalue weighted by Gasteiger charge is -2.11. The van der Waals surface area contributed by atoms with E-state index in [9.17, 15) is 13.2 Å². The van der Waals surface area contributed by atoms with Gasteiger partial charge < -0.3 is 9.88 Å². The Balaban J connectivity index is 1.83. The zero-order valence-corrected chi connectivity index (χ0v) is 12.1. The van der Waals surface area contributed by atoms with E-state index in [-0.39, 0.29) is 23.8 Å². The molecule has 0 spiro atoms. The van der Waals surface area contributed by atoms with Gasteiger partial charge in [-0.25, -0.2) is 18.1 Å². The summed E-state index contributed by atoms with van der Waals surface area (Å²) in [5, 5.41) is 0. The standard InChI is InChI=1S/C13H14N4O3S/c1-17-11-3-2-10(6-9(11)7-13(17)18)21(19,20)16-8-12-14-4-5-15-12/h2-6,16H,7-8H2,1H3,(H,14,15). The van der Waals surface area contributed by atoms with Crippen LogP contribution in [0.25, 0.3) is 0 Å². The molecule has 1 aromatic heterocycles. The predicted molar refractivity (Wildman–Crippen MR) is 76.2 cm³/mol. The first kappa shape index (κ1) is 13.8. The van der Waals surface area contributed by atoms with E-state index in [1.54, 1.807) is 31.6 Å². The number of H-pyrrole nitrogens is 1. The number of carbonyl (C=O) groups excluding carboxylic acids is 1. The number of aromatic nitrogens is 2. The number of rotatable bonds is 4. The number of likely N-dealkylation sites (N-methyl/N-ethyl adjacent to an activating group) is 1. The third kappa shape index (κ3) is 2.55. The molecule has 1 aromatic carbocycles. The van der Waals surface area contributed by atoms with Gasteiger partial charge >= 0.3 is 0 Å². The van der Waals surface area contributed by atoms with Crippen molar-refractivity contribution < 1.29 is 13.2 Å². The first-order valence-corrected chi connectivity index (χ1v) is 7.83. The number of imidazole rings is 1. The van der Waals surface area contributed by atoms with Crippen LogP contribution in [0.3, 0.4) is 0 Å². The van der Waals surface area contributed by atoms with Crippen LogP contribution in [0.15, 0.2) is 35.5 Å². The van der Waals surface area contributed by atoms with Crippen molar-refractivity contribution in [1.82, 2.24) is 14.7 Å². The Kier molecular flexibility index (Phi) is 3.26. The number of anilines is 1. The lowest BCUT2D eigenvalue weighted by Crippen LogP contribution is -2.24. The van der Waals surface area contributed by atoms with Gasteiger partial charge in [0.25, 0.3) is 0 Å². The highest BCUT2D eigenvalue weighted by Crippen LogP contribution is 2.29. The molecule has 1 amide bonds. The van der Waals surface area contributed by atoms with E-state index >= 15 is 0 Å². The molecular formula is C13H14N4O3S. The molecule has 0 saturated heterocycles. The molecule has 0 atom stereocenters. The minimum absolute atomic E-state index is 0.0388. The van der Waals surface area contributed by atoms with Crippen LogP contribution in [0.5, 0.6) is 0 Å². The Morgan fingerprint density at radius 1 is 1.43 bits per heavy atom. The maximum absolute atomic E-state index is 12.2. The molecule has 0 unspecified atom stereocenters. The molecule has 0 radical (unpaired) electrons. The molecule has 110 valence electrons. The molecule has 7 nitrogen and oxygen atoms in total. The largest absolute Gasteiger partial charge is 0.347 e. The summed E-state index contributed by atoms with van der Waals surface area (Å²) in [4.78, 5) is 20.1. The van der Waals surface area contributed by atoms with Gasteiger partial charge in [-0.3, -0.25) is 4.79 Å². The van der Waals surface area contributed by atoms with Crippen LogP contribution in [0.4, 0.5) is 5.69 Å². The summed E-state index contributed by atoms with van der Waals surface area (Å²) in [5.74, 6) is 0.498. The highest BCUT2D eigenvalue weighted by Gasteiger charge is 2.26. The third-order valence-corrected chi connectivity index (χ3v) is 4.82. The van der Waals surface area contributed by atoms with E-state index in [4.69, 9.17) is 0 Å². The van der Waals surface area contributed by atoms with Crippen molar-refractivity contribution in [2.45, 2.75) is 17.9 Å². The summed E-state index contributed by atoms with van der Waals surface area (Å²) in [5.41, 5.74) is 1.48. The van der Waals surface area contributed by atoms with E-state index in [1.165, 1.54) is 11.0 Å². The second-order valence-corrected chi connectivity index (χ2v) is 6.55. The number of hydrogen-bond donors (Lipinski definition) is 2. The first-order chi connectivity index (χ1) is 9.97. The third-order valence-electron chi connectivity index (χ3n) is 3.42. The fraction of sp³-hybridized carbons (Fsp3) is 0.231. The van der Waals surface area contributed by atoms with E-state index in [1.807, 2.05) is 0 Å². The lowest BCUT2D eigenvalue weighted by atomic mass is 10.2. The van der Waals surface area contributed by atoms with E-state index in [0.29, 0.717) is 5.82 Å². The molecular weight excluding hydrogens is 292 g/mol. The van der Waals surface area contributed by atoms with Gasteiger partial charge in [0.15, 0.2) is 0 Å². The molecule has 3 rings (SSSR count). The Hall–Kier alpha value is -2.19. The Bertz CT molecular complexity index is 784. The summed E-state index contributed by atoms with van der Waals surface area (Å²) in [6, 6.07) is 4.70. The fourth-order valence-corrected chi connectivity index (χ4v) is 3.29. The van der Waals surface area contributed by atoms with Gasteiger partial charge in [-0.2, -0.15) is 0 Å². The van der Waals surface area contributed by atoms with Gasteiger partial charge in [-0.1, -0.05) is 0 Å². The summed E-state index contributed by atoms with van der Waals surface area (Å²) in [6.45, 7) is 0.0885.